The van der Waals surface area contributed by atoms with E-state index in [1.807, 2.05) is 46.0 Å². The highest BCUT2D eigenvalue weighted by Gasteiger charge is 2.37. The summed E-state index contributed by atoms with van der Waals surface area (Å²) in [7, 11) is 0.544. The molecule has 6 atom stereocenters. The van der Waals surface area contributed by atoms with Gasteiger partial charge in [0.25, 0.3) is 5.91 Å². The van der Waals surface area contributed by atoms with Crippen molar-refractivity contribution in [1.29, 1.82) is 0 Å². The van der Waals surface area contributed by atoms with Gasteiger partial charge < -0.3 is 24.4 Å². The maximum Gasteiger partial charge on any atom is 0.263 e. The molecular weight excluding hydrogens is 694 g/mol. The van der Waals surface area contributed by atoms with E-state index in [-0.39, 0.29) is 29.3 Å². The SMILES string of the molecule is CC.CCCc1cc(Cl)ccc1C1COc2ccc(C(=O)NS(=O)C(C)C(C)CCC)cc2N(CC2CCC2CC2OCCCO2)C1.CNC1CC1. The molecular formula is C42H66ClN3O5S. The lowest BCUT2D eigenvalue weighted by atomic mass is 9.71. The van der Waals surface area contributed by atoms with E-state index < -0.39 is 11.0 Å². The summed E-state index contributed by atoms with van der Waals surface area (Å²) in [6.07, 6.45) is 10.9. The highest BCUT2D eigenvalue weighted by Crippen LogP contribution is 2.43. The summed E-state index contributed by atoms with van der Waals surface area (Å²) in [6.45, 7) is 16.1. The summed E-state index contributed by atoms with van der Waals surface area (Å²) in [6, 6.07) is 12.8. The van der Waals surface area contributed by atoms with E-state index in [2.05, 4.69) is 47.8 Å². The third-order valence-corrected chi connectivity index (χ3v) is 12.8. The zero-order valence-electron chi connectivity index (χ0n) is 32.9. The van der Waals surface area contributed by atoms with Crippen molar-refractivity contribution in [3.8, 4) is 5.75 Å². The number of carbonyl (C=O) groups excluding carboxylic acids is 1. The van der Waals surface area contributed by atoms with Crippen LogP contribution in [0.4, 0.5) is 5.69 Å². The predicted octanol–water partition coefficient (Wildman–Crippen LogP) is 9.07. The number of nitrogens with one attached hydrogen (secondary N) is 2. The summed E-state index contributed by atoms with van der Waals surface area (Å²) >= 11 is 6.43. The Labute approximate surface area is 322 Å². The molecule has 2 aromatic carbocycles. The van der Waals surface area contributed by atoms with Crippen molar-refractivity contribution in [3.63, 3.8) is 0 Å². The fourth-order valence-electron chi connectivity index (χ4n) is 7.36. The van der Waals surface area contributed by atoms with Gasteiger partial charge in [0.1, 0.15) is 16.7 Å². The van der Waals surface area contributed by atoms with Gasteiger partial charge in [-0.25, -0.2) is 4.21 Å². The monoisotopic (exact) mass is 759 g/mol. The minimum absolute atomic E-state index is 0.108. The van der Waals surface area contributed by atoms with Crippen LogP contribution >= 0.6 is 11.6 Å². The maximum absolute atomic E-state index is 13.4. The van der Waals surface area contributed by atoms with Gasteiger partial charge in [-0.1, -0.05) is 65.1 Å². The Morgan fingerprint density at radius 2 is 1.73 bits per heavy atom. The minimum atomic E-state index is -1.47. The lowest BCUT2D eigenvalue weighted by molar-refractivity contribution is -0.192. The third kappa shape index (κ3) is 12.2. The number of ether oxygens (including phenoxy) is 3. The average molecular weight is 761 g/mol. The number of anilines is 1. The number of amides is 1. The van der Waals surface area contributed by atoms with Gasteiger partial charge in [-0.05, 0) is 118 Å². The molecule has 2 aromatic rings. The topological polar surface area (TPSA) is 89.1 Å². The largest absolute Gasteiger partial charge is 0.491 e. The second kappa shape index (κ2) is 21.7. The zero-order valence-corrected chi connectivity index (χ0v) is 34.5. The number of hydrogen-bond acceptors (Lipinski definition) is 7. The van der Waals surface area contributed by atoms with Crippen LogP contribution < -0.4 is 19.7 Å². The molecule has 0 bridgehead atoms. The van der Waals surface area contributed by atoms with E-state index in [0.29, 0.717) is 24.0 Å². The molecule has 1 amide bonds. The van der Waals surface area contributed by atoms with Gasteiger partial charge in [0.2, 0.25) is 0 Å². The van der Waals surface area contributed by atoms with E-state index in [0.717, 1.165) is 93.8 Å². The van der Waals surface area contributed by atoms with Crippen molar-refractivity contribution in [3.05, 3.63) is 58.1 Å². The van der Waals surface area contributed by atoms with E-state index in [1.165, 1.54) is 30.4 Å². The number of hydrogen-bond donors (Lipinski definition) is 2. The van der Waals surface area contributed by atoms with E-state index >= 15 is 0 Å². The molecule has 3 fully saturated rings. The maximum atomic E-state index is 13.4. The van der Waals surface area contributed by atoms with Crippen molar-refractivity contribution in [2.24, 2.45) is 17.8 Å². The highest BCUT2D eigenvalue weighted by molar-refractivity contribution is 7.84. The Morgan fingerprint density at radius 3 is 2.35 bits per heavy atom. The molecule has 2 aliphatic heterocycles. The number of rotatable bonds is 14. The number of carbonyl (C=O) groups is 1. The van der Waals surface area contributed by atoms with Crippen LogP contribution in [0.1, 0.15) is 127 Å². The normalized spacial score (nSPS) is 23.2. The van der Waals surface area contributed by atoms with Gasteiger partial charge >= 0.3 is 0 Å². The van der Waals surface area contributed by atoms with Crippen molar-refractivity contribution in [2.45, 2.75) is 129 Å². The Morgan fingerprint density at radius 1 is 1.00 bits per heavy atom. The van der Waals surface area contributed by atoms with Crippen molar-refractivity contribution < 1.29 is 23.2 Å². The molecule has 1 saturated heterocycles. The second-order valence-electron chi connectivity index (χ2n) is 14.8. The van der Waals surface area contributed by atoms with Crippen LogP contribution in [0.2, 0.25) is 5.02 Å². The van der Waals surface area contributed by atoms with Crippen LogP contribution in [0.15, 0.2) is 36.4 Å². The second-order valence-corrected chi connectivity index (χ2v) is 16.8. The van der Waals surface area contributed by atoms with E-state index in [1.54, 1.807) is 6.07 Å². The number of benzene rings is 2. The smallest absolute Gasteiger partial charge is 0.263 e. The van der Waals surface area contributed by atoms with Crippen LogP contribution in [0, 0.1) is 17.8 Å². The molecule has 6 rings (SSSR count). The Kier molecular flexibility index (Phi) is 17.7. The molecule has 2 heterocycles. The van der Waals surface area contributed by atoms with Crippen molar-refractivity contribution in [1.82, 2.24) is 10.0 Å². The van der Waals surface area contributed by atoms with E-state index in [4.69, 9.17) is 25.8 Å². The molecule has 0 spiro atoms. The molecule has 292 valence electrons. The number of aryl methyl sites for hydroxylation is 1. The standard InChI is InChI=1S/C36H51ClN2O5S.C4H9N.C2H6/c1-5-8-24(3)25(4)45(41)38-36(40)28-12-15-34-33(19-28)39(21-29-11-10-26(29)20-35-42-16-7-17-43-35)22-30(23-44-34)32-14-13-31(37)18-27(32)9-6-2;1-5-4-2-3-4;1-2/h12-15,18-19,24-26,29-30,35H,5-11,16-17,20-23H2,1-4H3,(H,38,40);4-5H,2-3H2,1H3;1-2H3. The molecule has 8 nitrogen and oxygen atoms in total. The fourth-order valence-corrected chi connectivity index (χ4v) is 8.60. The van der Waals surface area contributed by atoms with Crippen LogP contribution in [0.3, 0.4) is 0 Å². The molecule has 52 heavy (non-hydrogen) atoms. The molecule has 0 radical (unpaired) electrons. The van der Waals surface area contributed by atoms with Crippen LogP contribution in [0.25, 0.3) is 0 Å². The fraction of sp³-hybridized carbons (Fsp3) is 0.690. The summed E-state index contributed by atoms with van der Waals surface area (Å²) in [5, 5.41) is 3.77. The van der Waals surface area contributed by atoms with E-state index in [9.17, 15) is 9.00 Å². The number of halogens is 1. The summed E-state index contributed by atoms with van der Waals surface area (Å²) < 4.78 is 34.2. The molecule has 0 aromatic heterocycles. The Balaban J connectivity index is 0.000000784. The first kappa shape index (κ1) is 42.6. The molecule has 2 aliphatic carbocycles. The molecule has 2 saturated carbocycles. The van der Waals surface area contributed by atoms with Gasteiger partial charge in [0.05, 0.1) is 30.8 Å². The number of fused-ring (bicyclic) bond motifs is 1. The van der Waals surface area contributed by atoms with Crippen LogP contribution in [0.5, 0.6) is 5.75 Å². The highest BCUT2D eigenvalue weighted by atomic mass is 35.5. The van der Waals surface area contributed by atoms with Crippen molar-refractivity contribution in [2.75, 3.05) is 44.9 Å². The quantitative estimate of drug-likeness (QED) is 0.199. The lowest BCUT2D eigenvalue weighted by Crippen LogP contribution is -2.42. The van der Waals surface area contributed by atoms with Gasteiger partial charge in [0.15, 0.2) is 6.29 Å². The zero-order chi connectivity index (χ0) is 37.6. The number of nitrogens with zero attached hydrogens (tertiary/aromatic N) is 1. The van der Waals surface area contributed by atoms with Gasteiger partial charge in [0, 0.05) is 42.1 Å². The molecule has 4 aliphatic rings. The molecule has 10 heteroatoms. The lowest BCUT2D eigenvalue weighted by Gasteiger charge is -2.42. The summed E-state index contributed by atoms with van der Waals surface area (Å²) in [4.78, 5) is 15.8. The molecule has 2 N–H and O–H groups in total. The van der Waals surface area contributed by atoms with Crippen LogP contribution in [-0.4, -0.2) is 67.7 Å². The first-order valence-corrected chi connectivity index (χ1v) is 21.7. The van der Waals surface area contributed by atoms with Crippen molar-refractivity contribution >= 4 is 34.2 Å². The predicted molar refractivity (Wildman–Crippen MR) is 216 cm³/mol. The van der Waals surface area contributed by atoms with Gasteiger partial charge in [-0.15, -0.1) is 0 Å². The van der Waals surface area contributed by atoms with Gasteiger partial charge in [-0.2, -0.15) is 0 Å². The Bertz CT molecular complexity index is 1420. The summed E-state index contributed by atoms with van der Waals surface area (Å²) in [5.41, 5.74) is 3.96. The first-order valence-electron chi connectivity index (χ1n) is 20.1. The first-order chi connectivity index (χ1) is 25.2. The minimum Gasteiger partial charge on any atom is -0.491 e. The van der Waals surface area contributed by atoms with Gasteiger partial charge in [-0.3, -0.25) is 9.52 Å². The Hall–Kier alpha value is -2.17. The summed E-state index contributed by atoms with van der Waals surface area (Å²) in [5.74, 6) is 1.90. The third-order valence-electron chi connectivity index (χ3n) is 11.0. The van der Waals surface area contributed by atoms with Crippen LogP contribution in [-0.2, 0) is 26.9 Å². The molecule has 6 unspecified atom stereocenters. The average Bonchev–Trinajstić information content (AvgIpc) is 4.01.